The normalized spacial score (nSPS) is 14.6. The van der Waals surface area contributed by atoms with Crippen LogP contribution in [0.3, 0.4) is 0 Å². The van der Waals surface area contributed by atoms with Crippen molar-refractivity contribution >= 4 is 27.8 Å². The molecule has 1 aliphatic rings. The van der Waals surface area contributed by atoms with E-state index in [1.165, 1.54) is 7.11 Å². The Kier molecular flexibility index (Phi) is 8.87. The minimum absolute atomic E-state index is 0.0834. The number of nitrogens with zero attached hydrogens (tertiary/aromatic N) is 1. The average molecular weight is 566 g/mol. The van der Waals surface area contributed by atoms with E-state index in [1.54, 1.807) is 0 Å². The third kappa shape index (κ3) is 7.13. The number of aryl methyl sites for hydroxylation is 1. The van der Waals surface area contributed by atoms with Gasteiger partial charge in [0, 0.05) is 36.0 Å². The zero-order chi connectivity index (χ0) is 26.4. The number of methoxy groups -OCH3 is 1. The molecule has 0 spiro atoms. The number of hydrogen-bond donors (Lipinski definition) is 0. The summed E-state index contributed by atoms with van der Waals surface area (Å²) in [4.78, 5) is 26.5. The fourth-order valence-corrected chi connectivity index (χ4v) is 4.80. The van der Waals surface area contributed by atoms with Crippen molar-refractivity contribution < 1.29 is 23.8 Å². The van der Waals surface area contributed by atoms with Gasteiger partial charge in [-0.2, -0.15) is 0 Å². The smallest absolute Gasteiger partial charge is 0.312 e. The first-order valence-electron chi connectivity index (χ1n) is 12.4. The Labute approximate surface area is 226 Å². The largest absolute Gasteiger partial charge is 0.490 e. The molecule has 4 rings (SSSR count). The zero-order valence-corrected chi connectivity index (χ0v) is 23.0. The van der Waals surface area contributed by atoms with Gasteiger partial charge in [-0.05, 0) is 67.4 Å². The number of rotatable bonds is 8. The van der Waals surface area contributed by atoms with Crippen LogP contribution in [0, 0.1) is 6.92 Å². The third-order valence-electron chi connectivity index (χ3n) is 6.61. The molecule has 1 aliphatic heterocycles. The van der Waals surface area contributed by atoms with Crippen LogP contribution in [-0.4, -0.2) is 43.1 Å². The Morgan fingerprint density at radius 3 is 2.30 bits per heavy atom. The standard InChI is InChI=1S/C30H32BrNO5/c1-20-4-8-23(9-5-20)29(33)32-14-12-27(13-15-32)37-26-10-6-22(7-11-26)19-36-28-17-24(16-25(31)18-28)21(2)30(34)35-3/h4-11,16-18,21,27H,12-15,19H2,1-3H3. The lowest BCUT2D eigenvalue weighted by molar-refractivity contribution is -0.142. The van der Waals surface area contributed by atoms with Gasteiger partial charge in [0.15, 0.2) is 0 Å². The number of likely N-dealkylation sites (tertiary alicyclic amines) is 1. The van der Waals surface area contributed by atoms with Crippen LogP contribution in [0.2, 0.25) is 0 Å². The Morgan fingerprint density at radius 2 is 1.65 bits per heavy atom. The van der Waals surface area contributed by atoms with Crippen LogP contribution in [0.4, 0.5) is 0 Å². The van der Waals surface area contributed by atoms with E-state index in [1.807, 2.05) is 85.5 Å². The number of esters is 1. The Bertz CT molecular complexity index is 1220. The van der Waals surface area contributed by atoms with Gasteiger partial charge in [0.05, 0.1) is 13.0 Å². The number of carbonyl (C=O) groups excluding carboxylic acids is 2. The van der Waals surface area contributed by atoms with E-state index in [0.717, 1.165) is 45.3 Å². The lowest BCUT2D eigenvalue weighted by Crippen LogP contribution is -2.41. The fraction of sp³-hybridized carbons (Fsp3) is 0.333. The van der Waals surface area contributed by atoms with Crippen LogP contribution in [0.15, 0.2) is 71.2 Å². The van der Waals surface area contributed by atoms with Gasteiger partial charge in [-0.25, -0.2) is 0 Å². The number of piperidine rings is 1. The lowest BCUT2D eigenvalue weighted by Gasteiger charge is -2.32. The fourth-order valence-electron chi connectivity index (χ4n) is 4.31. The quantitative estimate of drug-likeness (QED) is 0.300. The van der Waals surface area contributed by atoms with Crippen LogP contribution in [0.1, 0.15) is 52.7 Å². The van der Waals surface area contributed by atoms with Crippen molar-refractivity contribution in [2.24, 2.45) is 0 Å². The van der Waals surface area contributed by atoms with E-state index in [2.05, 4.69) is 15.9 Å². The number of benzene rings is 3. The summed E-state index contributed by atoms with van der Waals surface area (Å²) < 4.78 is 17.9. The van der Waals surface area contributed by atoms with Gasteiger partial charge in [0.2, 0.25) is 0 Å². The molecule has 1 fully saturated rings. The Balaban J connectivity index is 1.27. The summed E-state index contributed by atoms with van der Waals surface area (Å²) in [5.74, 6) is 0.897. The molecule has 194 valence electrons. The molecular weight excluding hydrogens is 534 g/mol. The minimum atomic E-state index is -0.381. The van der Waals surface area contributed by atoms with Gasteiger partial charge in [-0.15, -0.1) is 0 Å². The summed E-state index contributed by atoms with van der Waals surface area (Å²) in [6, 6.07) is 21.2. The van der Waals surface area contributed by atoms with E-state index >= 15 is 0 Å². The van der Waals surface area contributed by atoms with E-state index in [9.17, 15) is 9.59 Å². The predicted molar refractivity (Wildman–Crippen MR) is 146 cm³/mol. The molecule has 7 heteroatoms. The van der Waals surface area contributed by atoms with Crippen LogP contribution in [0.25, 0.3) is 0 Å². The molecule has 37 heavy (non-hydrogen) atoms. The predicted octanol–water partition coefficient (Wildman–Crippen LogP) is 6.30. The summed E-state index contributed by atoms with van der Waals surface area (Å²) >= 11 is 3.49. The molecule has 1 saturated heterocycles. The molecular formula is C30H32BrNO5. The van der Waals surface area contributed by atoms with Crippen LogP contribution < -0.4 is 9.47 Å². The molecule has 0 saturated carbocycles. The highest BCUT2D eigenvalue weighted by Gasteiger charge is 2.24. The second-order valence-corrected chi connectivity index (χ2v) is 10.3. The third-order valence-corrected chi connectivity index (χ3v) is 7.07. The second kappa shape index (κ2) is 12.3. The summed E-state index contributed by atoms with van der Waals surface area (Å²) in [6.07, 6.45) is 1.69. The zero-order valence-electron chi connectivity index (χ0n) is 21.4. The van der Waals surface area contributed by atoms with Crippen LogP contribution in [-0.2, 0) is 16.1 Å². The summed E-state index contributed by atoms with van der Waals surface area (Å²) in [5.41, 5.74) is 3.72. The SMILES string of the molecule is COC(=O)C(C)c1cc(Br)cc(OCc2ccc(OC3CCN(C(=O)c4ccc(C)cc4)CC3)cc2)c1. The van der Waals surface area contributed by atoms with Crippen molar-refractivity contribution in [3.8, 4) is 11.5 Å². The summed E-state index contributed by atoms with van der Waals surface area (Å²) in [7, 11) is 1.39. The minimum Gasteiger partial charge on any atom is -0.490 e. The molecule has 0 radical (unpaired) electrons. The van der Waals surface area contributed by atoms with Crippen molar-refractivity contribution in [2.75, 3.05) is 20.2 Å². The number of carbonyl (C=O) groups is 2. The molecule has 1 heterocycles. The topological polar surface area (TPSA) is 65.1 Å². The van der Waals surface area contributed by atoms with Gasteiger partial charge in [0.25, 0.3) is 5.91 Å². The molecule has 1 atom stereocenters. The molecule has 0 N–H and O–H groups in total. The van der Waals surface area contributed by atoms with Crippen molar-refractivity contribution in [1.29, 1.82) is 0 Å². The highest BCUT2D eigenvalue weighted by Crippen LogP contribution is 2.28. The summed E-state index contributed by atoms with van der Waals surface area (Å²) in [6.45, 7) is 5.59. The first-order valence-corrected chi connectivity index (χ1v) is 13.2. The van der Waals surface area contributed by atoms with Gasteiger partial charge < -0.3 is 19.1 Å². The maximum absolute atomic E-state index is 12.7. The van der Waals surface area contributed by atoms with E-state index in [4.69, 9.17) is 14.2 Å². The lowest BCUT2D eigenvalue weighted by atomic mass is 10.0. The molecule has 6 nitrogen and oxygen atoms in total. The van der Waals surface area contributed by atoms with E-state index in [-0.39, 0.29) is 23.9 Å². The number of ether oxygens (including phenoxy) is 3. The molecule has 0 aromatic heterocycles. The summed E-state index contributed by atoms with van der Waals surface area (Å²) in [5, 5.41) is 0. The van der Waals surface area contributed by atoms with Crippen molar-refractivity contribution in [2.45, 2.75) is 45.3 Å². The Hall–Kier alpha value is -3.32. The maximum Gasteiger partial charge on any atom is 0.312 e. The van der Waals surface area contributed by atoms with Gasteiger partial charge in [-0.1, -0.05) is 45.8 Å². The van der Waals surface area contributed by atoms with Gasteiger partial charge >= 0.3 is 5.97 Å². The average Bonchev–Trinajstić information content (AvgIpc) is 2.92. The van der Waals surface area contributed by atoms with Crippen molar-refractivity contribution in [3.63, 3.8) is 0 Å². The molecule has 0 aliphatic carbocycles. The maximum atomic E-state index is 12.7. The number of halogens is 1. The monoisotopic (exact) mass is 565 g/mol. The number of amides is 1. The first-order chi connectivity index (χ1) is 17.8. The Morgan fingerprint density at radius 1 is 0.973 bits per heavy atom. The van der Waals surface area contributed by atoms with Gasteiger partial charge in [-0.3, -0.25) is 9.59 Å². The van der Waals surface area contributed by atoms with Crippen LogP contribution >= 0.6 is 15.9 Å². The first kappa shape index (κ1) is 26.7. The molecule has 0 bridgehead atoms. The van der Waals surface area contributed by atoms with E-state index in [0.29, 0.717) is 25.4 Å². The molecule has 1 unspecified atom stereocenters. The highest BCUT2D eigenvalue weighted by molar-refractivity contribution is 9.10. The molecule has 3 aromatic rings. The second-order valence-electron chi connectivity index (χ2n) is 9.37. The van der Waals surface area contributed by atoms with Crippen molar-refractivity contribution in [3.05, 3.63) is 93.5 Å². The molecule has 1 amide bonds. The van der Waals surface area contributed by atoms with E-state index < -0.39 is 0 Å². The highest BCUT2D eigenvalue weighted by atomic mass is 79.9. The van der Waals surface area contributed by atoms with Gasteiger partial charge in [0.1, 0.15) is 24.2 Å². The van der Waals surface area contributed by atoms with Crippen molar-refractivity contribution in [1.82, 2.24) is 4.90 Å². The van der Waals surface area contributed by atoms with Crippen LogP contribution in [0.5, 0.6) is 11.5 Å². The number of hydrogen-bond acceptors (Lipinski definition) is 5. The molecule has 3 aromatic carbocycles.